The molecular formula is C13H22N2O5S. The van der Waals surface area contributed by atoms with E-state index < -0.39 is 21.9 Å². The predicted molar refractivity (Wildman–Crippen MR) is 76.0 cm³/mol. The number of carboxylic acid groups (broad SMARTS) is 1. The molecule has 0 aromatic rings. The van der Waals surface area contributed by atoms with E-state index in [2.05, 4.69) is 0 Å². The summed E-state index contributed by atoms with van der Waals surface area (Å²) < 4.78 is 24.4. The summed E-state index contributed by atoms with van der Waals surface area (Å²) in [6.07, 6.45) is 2.06. The van der Waals surface area contributed by atoms with Crippen LogP contribution in [0, 0.1) is 17.8 Å². The molecule has 0 spiro atoms. The van der Waals surface area contributed by atoms with Crippen LogP contribution in [0.15, 0.2) is 0 Å². The van der Waals surface area contributed by atoms with Crippen LogP contribution < -0.4 is 0 Å². The van der Waals surface area contributed by atoms with Crippen molar-refractivity contribution in [1.82, 2.24) is 9.21 Å². The lowest BCUT2D eigenvalue weighted by molar-refractivity contribution is -0.142. The van der Waals surface area contributed by atoms with E-state index >= 15 is 0 Å². The summed E-state index contributed by atoms with van der Waals surface area (Å²) in [5.41, 5.74) is 0. The number of aliphatic carboxylic acids is 1. The fraction of sp³-hybridized carbons (Fsp3) is 0.846. The van der Waals surface area contributed by atoms with Crippen LogP contribution in [-0.2, 0) is 19.6 Å². The molecule has 1 saturated carbocycles. The maximum absolute atomic E-state index is 12.2. The van der Waals surface area contributed by atoms with E-state index in [-0.39, 0.29) is 30.7 Å². The molecule has 2 atom stereocenters. The smallest absolute Gasteiger partial charge is 0.308 e. The van der Waals surface area contributed by atoms with E-state index in [4.69, 9.17) is 0 Å². The van der Waals surface area contributed by atoms with Crippen LogP contribution in [0.3, 0.4) is 0 Å². The van der Waals surface area contributed by atoms with Crippen LogP contribution in [0.25, 0.3) is 0 Å². The van der Waals surface area contributed by atoms with E-state index in [0.717, 1.165) is 17.1 Å². The first-order valence-corrected chi connectivity index (χ1v) is 8.81. The Morgan fingerprint density at radius 3 is 2.38 bits per heavy atom. The Morgan fingerprint density at radius 2 is 1.90 bits per heavy atom. The molecule has 2 rings (SSSR count). The minimum Gasteiger partial charge on any atom is -0.481 e. The number of hydrogen-bond acceptors (Lipinski definition) is 4. The molecule has 1 amide bonds. The Kier molecular flexibility index (Phi) is 4.57. The van der Waals surface area contributed by atoms with Gasteiger partial charge in [0.15, 0.2) is 0 Å². The number of sulfonamides is 1. The van der Waals surface area contributed by atoms with Crippen molar-refractivity contribution in [2.45, 2.75) is 19.8 Å². The second kappa shape index (κ2) is 5.92. The number of carboxylic acids is 1. The number of amides is 1. The van der Waals surface area contributed by atoms with Gasteiger partial charge in [-0.1, -0.05) is 0 Å². The molecule has 0 bridgehead atoms. The first kappa shape index (κ1) is 16.2. The lowest BCUT2D eigenvalue weighted by Crippen LogP contribution is -2.41. The zero-order valence-electron chi connectivity index (χ0n) is 12.4. The molecule has 8 heteroatoms. The fourth-order valence-electron chi connectivity index (χ4n) is 2.91. The summed E-state index contributed by atoms with van der Waals surface area (Å²) in [7, 11) is -2.03. The van der Waals surface area contributed by atoms with Gasteiger partial charge in [0.2, 0.25) is 15.9 Å². The molecule has 2 fully saturated rings. The zero-order chi connectivity index (χ0) is 15.8. The third-order valence-corrected chi connectivity index (χ3v) is 6.27. The van der Waals surface area contributed by atoms with Gasteiger partial charge in [0, 0.05) is 20.1 Å². The highest BCUT2D eigenvalue weighted by molar-refractivity contribution is 7.89. The number of rotatable bonds is 6. The van der Waals surface area contributed by atoms with Crippen molar-refractivity contribution in [3.63, 3.8) is 0 Å². The monoisotopic (exact) mass is 318 g/mol. The van der Waals surface area contributed by atoms with Crippen LogP contribution in [-0.4, -0.2) is 67.0 Å². The van der Waals surface area contributed by atoms with Crippen molar-refractivity contribution in [2.75, 3.05) is 32.4 Å². The van der Waals surface area contributed by atoms with Gasteiger partial charge in [0.25, 0.3) is 0 Å². The van der Waals surface area contributed by atoms with Crippen molar-refractivity contribution >= 4 is 21.9 Å². The maximum Gasteiger partial charge on any atom is 0.308 e. The molecule has 1 saturated heterocycles. The topological polar surface area (TPSA) is 95.0 Å². The molecule has 1 heterocycles. The van der Waals surface area contributed by atoms with E-state index in [1.165, 1.54) is 18.9 Å². The first-order valence-electron chi connectivity index (χ1n) is 7.20. The molecule has 7 nitrogen and oxygen atoms in total. The molecule has 0 aromatic heterocycles. The van der Waals surface area contributed by atoms with Crippen LogP contribution in [0.2, 0.25) is 0 Å². The molecule has 0 radical (unpaired) electrons. The second-order valence-corrected chi connectivity index (χ2v) is 8.27. The summed E-state index contributed by atoms with van der Waals surface area (Å²) in [6.45, 7) is 1.92. The number of carbonyl (C=O) groups excluding carboxylic acids is 1. The van der Waals surface area contributed by atoms with Crippen molar-refractivity contribution < 1.29 is 23.1 Å². The van der Waals surface area contributed by atoms with Gasteiger partial charge in [-0.3, -0.25) is 9.59 Å². The highest BCUT2D eigenvalue weighted by Gasteiger charge is 2.46. The molecule has 1 N–H and O–H groups in total. The zero-order valence-corrected chi connectivity index (χ0v) is 13.2. The lowest BCUT2D eigenvalue weighted by Gasteiger charge is -2.21. The second-order valence-electron chi connectivity index (χ2n) is 5.90. The van der Waals surface area contributed by atoms with Gasteiger partial charge < -0.3 is 10.0 Å². The summed E-state index contributed by atoms with van der Waals surface area (Å²) in [5.74, 6) is -1.34. The van der Waals surface area contributed by atoms with E-state index in [9.17, 15) is 23.1 Å². The van der Waals surface area contributed by atoms with Gasteiger partial charge in [0.1, 0.15) is 0 Å². The average Bonchev–Trinajstić information content (AvgIpc) is 3.16. The fourth-order valence-corrected chi connectivity index (χ4v) is 3.65. The highest BCUT2D eigenvalue weighted by atomic mass is 32.2. The molecule has 0 unspecified atom stereocenters. The number of hydrogen-bond donors (Lipinski definition) is 1. The Bertz CT molecular complexity index is 529. The van der Waals surface area contributed by atoms with Gasteiger partial charge in [-0.25, -0.2) is 8.42 Å². The van der Waals surface area contributed by atoms with E-state index in [1.54, 1.807) is 0 Å². The van der Waals surface area contributed by atoms with E-state index in [1.807, 2.05) is 0 Å². The maximum atomic E-state index is 12.2. The summed E-state index contributed by atoms with van der Waals surface area (Å²) in [5, 5.41) is 9.26. The van der Waals surface area contributed by atoms with Crippen LogP contribution in [0.4, 0.5) is 0 Å². The van der Waals surface area contributed by atoms with Crippen molar-refractivity contribution in [2.24, 2.45) is 17.8 Å². The molecule has 0 aromatic carbocycles. The Morgan fingerprint density at radius 1 is 1.29 bits per heavy atom. The minimum absolute atomic E-state index is 0.0135. The standard InChI is InChI=1S/C13H22N2O5S/c1-3-21(19,20)14(2)8-12(16)15-6-10(9-4-5-9)11(7-15)13(17)18/h9-11H,3-8H2,1-2H3,(H,17,18)/t10-,11+/m1/s1. The van der Waals surface area contributed by atoms with Crippen molar-refractivity contribution in [3.05, 3.63) is 0 Å². The van der Waals surface area contributed by atoms with Crippen LogP contribution in [0.1, 0.15) is 19.8 Å². The molecule has 2 aliphatic rings. The third kappa shape index (κ3) is 3.55. The van der Waals surface area contributed by atoms with Gasteiger partial charge in [-0.15, -0.1) is 0 Å². The molecule has 21 heavy (non-hydrogen) atoms. The van der Waals surface area contributed by atoms with Crippen LogP contribution in [0.5, 0.6) is 0 Å². The number of likely N-dealkylation sites (tertiary alicyclic amines) is 1. The van der Waals surface area contributed by atoms with Gasteiger partial charge >= 0.3 is 5.97 Å². The summed E-state index contributed by atoms with van der Waals surface area (Å²) >= 11 is 0. The normalized spacial score (nSPS) is 26.3. The molecule has 120 valence electrons. The first-order chi connectivity index (χ1) is 9.76. The highest BCUT2D eigenvalue weighted by Crippen LogP contribution is 2.44. The molecule has 1 aliphatic carbocycles. The number of nitrogens with zero attached hydrogens (tertiary/aromatic N) is 2. The lowest BCUT2D eigenvalue weighted by atomic mass is 9.92. The Balaban J connectivity index is 1.99. The van der Waals surface area contributed by atoms with Gasteiger partial charge in [-0.05, 0) is 31.6 Å². The van der Waals surface area contributed by atoms with Crippen molar-refractivity contribution in [1.29, 1.82) is 0 Å². The third-order valence-electron chi connectivity index (χ3n) is 4.46. The van der Waals surface area contributed by atoms with Gasteiger partial charge in [-0.2, -0.15) is 4.31 Å². The quantitative estimate of drug-likeness (QED) is 0.734. The number of carbonyl (C=O) groups is 2. The largest absolute Gasteiger partial charge is 0.481 e. The van der Waals surface area contributed by atoms with Crippen molar-refractivity contribution in [3.8, 4) is 0 Å². The van der Waals surface area contributed by atoms with Gasteiger partial charge in [0.05, 0.1) is 18.2 Å². The summed E-state index contributed by atoms with van der Waals surface area (Å²) in [4.78, 5) is 25.0. The Hall–Kier alpha value is -1.15. The predicted octanol–water partition coefficient (Wildman–Crippen LogP) is -0.163. The Labute approximate surface area is 125 Å². The summed E-state index contributed by atoms with van der Waals surface area (Å²) in [6, 6.07) is 0. The SMILES string of the molecule is CCS(=O)(=O)N(C)CC(=O)N1C[C@H](C(=O)O)[C@@H](C2CC2)C1. The number of likely N-dealkylation sites (N-methyl/N-ethyl adjacent to an activating group) is 1. The van der Waals surface area contributed by atoms with Crippen LogP contribution >= 0.6 is 0 Å². The van der Waals surface area contributed by atoms with E-state index in [0.29, 0.717) is 12.5 Å². The molecular weight excluding hydrogens is 296 g/mol. The minimum atomic E-state index is -3.40. The molecule has 1 aliphatic heterocycles. The average molecular weight is 318 g/mol.